The number of nitrogens with zero attached hydrogens (tertiary/aromatic N) is 2. The zero-order valence-electron chi connectivity index (χ0n) is 13.0. The lowest BCUT2D eigenvalue weighted by Gasteiger charge is -2.12. The molecule has 0 spiro atoms. The van der Waals surface area contributed by atoms with E-state index in [-0.39, 0.29) is 0 Å². The minimum absolute atomic E-state index is 0.534. The van der Waals surface area contributed by atoms with Crippen LogP contribution < -0.4 is 0 Å². The molecule has 114 valence electrons. The third-order valence-electron chi connectivity index (χ3n) is 3.69. The Morgan fingerprint density at radius 2 is 2.00 bits per heavy atom. The first-order valence-corrected chi connectivity index (χ1v) is 8.56. The van der Waals surface area contributed by atoms with Gasteiger partial charge in [-0.05, 0) is 29.2 Å². The standard InChI is InChI=1S/C18H20N2OS/c1-13(2)17-8-4-3-6-14(17)10-15-11-18(20-19-15)22-12-16-7-5-9-21-16/h3-9,13H,10-12H2,1-2H3. The summed E-state index contributed by atoms with van der Waals surface area (Å²) in [5, 5.41) is 9.76. The van der Waals surface area contributed by atoms with Crippen LogP contribution in [0.4, 0.5) is 0 Å². The van der Waals surface area contributed by atoms with Gasteiger partial charge in [0.2, 0.25) is 0 Å². The van der Waals surface area contributed by atoms with Crippen LogP contribution in [0.2, 0.25) is 0 Å². The van der Waals surface area contributed by atoms with E-state index in [0.717, 1.165) is 35.1 Å². The van der Waals surface area contributed by atoms with Gasteiger partial charge in [0, 0.05) is 12.8 Å². The van der Waals surface area contributed by atoms with Crippen LogP contribution in [0.15, 0.2) is 57.3 Å². The molecule has 4 heteroatoms. The predicted octanol–water partition coefficient (Wildman–Crippen LogP) is 5.04. The topological polar surface area (TPSA) is 37.9 Å². The molecule has 22 heavy (non-hydrogen) atoms. The summed E-state index contributed by atoms with van der Waals surface area (Å²) in [6, 6.07) is 12.5. The molecule has 1 aromatic heterocycles. The van der Waals surface area contributed by atoms with Crippen molar-refractivity contribution < 1.29 is 4.42 Å². The molecular weight excluding hydrogens is 292 g/mol. The second kappa shape index (κ2) is 6.97. The molecule has 0 bridgehead atoms. The van der Waals surface area contributed by atoms with Crippen LogP contribution in [-0.2, 0) is 12.2 Å². The number of hydrogen-bond acceptors (Lipinski definition) is 4. The second-order valence-corrected chi connectivity index (χ2v) is 6.78. The van der Waals surface area contributed by atoms with Gasteiger partial charge in [-0.15, -0.1) is 16.9 Å². The third-order valence-corrected chi connectivity index (χ3v) is 4.68. The second-order valence-electron chi connectivity index (χ2n) is 5.74. The molecule has 2 aromatic rings. The first-order chi connectivity index (χ1) is 10.7. The highest BCUT2D eigenvalue weighted by molar-refractivity contribution is 8.13. The normalized spacial score (nSPS) is 14.3. The van der Waals surface area contributed by atoms with E-state index in [2.05, 4.69) is 48.3 Å². The van der Waals surface area contributed by atoms with E-state index in [1.807, 2.05) is 12.1 Å². The van der Waals surface area contributed by atoms with Gasteiger partial charge in [0.25, 0.3) is 0 Å². The fourth-order valence-corrected chi connectivity index (χ4v) is 3.42. The minimum Gasteiger partial charge on any atom is -0.468 e. The van der Waals surface area contributed by atoms with Crippen molar-refractivity contribution >= 4 is 22.5 Å². The Kier molecular flexibility index (Phi) is 4.78. The van der Waals surface area contributed by atoms with Crippen molar-refractivity contribution in [2.75, 3.05) is 0 Å². The lowest BCUT2D eigenvalue weighted by molar-refractivity contribution is 0.530. The molecule has 1 aliphatic rings. The van der Waals surface area contributed by atoms with Crippen LogP contribution in [0.25, 0.3) is 0 Å². The lowest BCUT2D eigenvalue weighted by Crippen LogP contribution is -2.06. The van der Waals surface area contributed by atoms with E-state index in [1.165, 1.54) is 11.1 Å². The molecule has 0 unspecified atom stereocenters. The van der Waals surface area contributed by atoms with E-state index < -0.39 is 0 Å². The van der Waals surface area contributed by atoms with Crippen LogP contribution in [0.1, 0.15) is 43.1 Å². The zero-order chi connectivity index (χ0) is 15.4. The molecule has 0 radical (unpaired) electrons. The smallest absolute Gasteiger partial charge is 0.114 e. The summed E-state index contributed by atoms with van der Waals surface area (Å²) >= 11 is 1.71. The molecule has 0 saturated heterocycles. The summed E-state index contributed by atoms with van der Waals surface area (Å²) < 4.78 is 5.34. The largest absolute Gasteiger partial charge is 0.468 e. The monoisotopic (exact) mass is 312 g/mol. The lowest BCUT2D eigenvalue weighted by atomic mass is 9.94. The summed E-state index contributed by atoms with van der Waals surface area (Å²) in [4.78, 5) is 0. The van der Waals surface area contributed by atoms with Gasteiger partial charge in [-0.1, -0.05) is 38.1 Å². The highest BCUT2D eigenvalue weighted by Crippen LogP contribution is 2.24. The summed E-state index contributed by atoms with van der Waals surface area (Å²) in [5.74, 6) is 2.33. The van der Waals surface area contributed by atoms with Gasteiger partial charge in [0.15, 0.2) is 0 Å². The summed E-state index contributed by atoms with van der Waals surface area (Å²) in [6.07, 6.45) is 3.46. The minimum atomic E-state index is 0.534. The Morgan fingerprint density at radius 1 is 1.14 bits per heavy atom. The number of thioether (sulfide) groups is 1. The Labute approximate surface area is 135 Å². The molecule has 0 saturated carbocycles. The van der Waals surface area contributed by atoms with Crippen molar-refractivity contribution in [2.24, 2.45) is 10.2 Å². The van der Waals surface area contributed by atoms with Crippen LogP contribution in [-0.4, -0.2) is 10.8 Å². The van der Waals surface area contributed by atoms with Gasteiger partial charge in [-0.3, -0.25) is 0 Å². The Bertz CT molecular complexity index is 687. The number of furan rings is 1. The first kappa shape index (κ1) is 15.1. The molecule has 0 N–H and O–H groups in total. The van der Waals surface area contributed by atoms with Gasteiger partial charge >= 0.3 is 0 Å². The van der Waals surface area contributed by atoms with Crippen molar-refractivity contribution in [3.05, 3.63) is 59.5 Å². The first-order valence-electron chi connectivity index (χ1n) is 7.57. The number of rotatable bonds is 5. The van der Waals surface area contributed by atoms with Gasteiger partial charge in [0.05, 0.1) is 17.7 Å². The van der Waals surface area contributed by atoms with Crippen LogP contribution in [0.5, 0.6) is 0 Å². The SMILES string of the molecule is CC(C)c1ccccc1CC1=NN=C(SCc2ccco2)C1. The molecule has 0 fully saturated rings. The van der Waals surface area contributed by atoms with Gasteiger partial charge < -0.3 is 4.42 Å². The van der Waals surface area contributed by atoms with Crippen LogP contribution in [0, 0.1) is 0 Å². The van der Waals surface area contributed by atoms with E-state index >= 15 is 0 Å². The fourth-order valence-electron chi connectivity index (χ4n) is 2.58. The number of hydrogen-bond donors (Lipinski definition) is 0. The maximum atomic E-state index is 5.34. The summed E-state index contributed by atoms with van der Waals surface area (Å²) in [5.41, 5.74) is 3.92. The van der Waals surface area contributed by atoms with E-state index in [0.29, 0.717) is 5.92 Å². The van der Waals surface area contributed by atoms with Crippen molar-refractivity contribution in [1.82, 2.24) is 0 Å². The van der Waals surface area contributed by atoms with Crippen molar-refractivity contribution in [3.8, 4) is 0 Å². The zero-order valence-corrected chi connectivity index (χ0v) is 13.8. The maximum Gasteiger partial charge on any atom is 0.114 e. The van der Waals surface area contributed by atoms with E-state index in [4.69, 9.17) is 4.42 Å². The van der Waals surface area contributed by atoms with E-state index in [9.17, 15) is 0 Å². The Hall–Kier alpha value is -1.81. The molecular formula is C18H20N2OS. The molecule has 3 rings (SSSR count). The average molecular weight is 312 g/mol. The quantitative estimate of drug-likeness (QED) is 0.776. The van der Waals surface area contributed by atoms with Crippen LogP contribution in [0.3, 0.4) is 0 Å². The molecule has 3 nitrogen and oxygen atoms in total. The molecule has 1 aliphatic heterocycles. The predicted molar refractivity (Wildman–Crippen MR) is 93.7 cm³/mol. The summed E-state index contributed by atoms with van der Waals surface area (Å²) in [6.45, 7) is 4.47. The van der Waals surface area contributed by atoms with Crippen LogP contribution >= 0.6 is 11.8 Å². The highest BCUT2D eigenvalue weighted by Gasteiger charge is 2.16. The maximum absolute atomic E-state index is 5.34. The van der Waals surface area contributed by atoms with Crippen molar-refractivity contribution in [3.63, 3.8) is 0 Å². The molecule has 0 amide bonds. The van der Waals surface area contributed by atoms with Gasteiger partial charge in [-0.2, -0.15) is 5.10 Å². The van der Waals surface area contributed by atoms with Crippen molar-refractivity contribution in [2.45, 2.75) is 38.4 Å². The number of benzene rings is 1. The molecule has 0 aliphatic carbocycles. The molecule has 0 atom stereocenters. The average Bonchev–Trinajstić information content (AvgIpc) is 3.17. The fraction of sp³-hybridized carbons (Fsp3) is 0.333. The Balaban J connectivity index is 1.56. The van der Waals surface area contributed by atoms with Gasteiger partial charge in [0.1, 0.15) is 10.8 Å². The highest BCUT2D eigenvalue weighted by atomic mass is 32.2. The summed E-state index contributed by atoms with van der Waals surface area (Å²) in [7, 11) is 0. The molecule has 2 heterocycles. The van der Waals surface area contributed by atoms with Crippen molar-refractivity contribution in [1.29, 1.82) is 0 Å². The third kappa shape index (κ3) is 3.69. The van der Waals surface area contributed by atoms with Gasteiger partial charge in [-0.25, -0.2) is 0 Å². The molecule has 1 aromatic carbocycles. The Morgan fingerprint density at radius 3 is 2.77 bits per heavy atom. The van der Waals surface area contributed by atoms with E-state index in [1.54, 1.807) is 18.0 Å².